The molecule has 37 valence electrons. The monoisotopic (exact) mass is 241 g/mol. The van der Waals surface area contributed by atoms with Crippen LogP contribution >= 0.6 is 0 Å². The Morgan fingerprint density at radius 1 is 0.500 bits per heavy atom. The van der Waals surface area contributed by atoms with Gasteiger partial charge in [0.15, 0.2) is 0 Å². The molecule has 1 radical (unpaired) electrons. The van der Waals surface area contributed by atoms with Gasteiger partial charge in [-0.25, -0.2) is 0 Å². The van der Waals surface area contributed by atoms with Gasteiger partial charge in [-0.1, -0.05) is 0 Å². The SMILES string of the molecule is [F-].[F-].[F-].[F-].[Gd+3].[Li+]. The van der Waals surface area contributed by atoms with Crippen LogP contribution in [0.5, 0.6) is 0 Å². The topological polar surface area (TPSA) is 0 Å². The zero-order chi connectivity index (χ0) is 0. The number of halogens is 4. The summed E-state index contributed by atoms with van der Waals surface area (Å²) < 4.78 is 0. The van der Waals surface area contributed by atoms with E-state index in [4.69, 9.17) is 0 Å². The third-order valence-electron chi connectivity index (χ3n) is 0. The first-order valence-corrected chi connectivity index (χ1v) is 0. The van der Waals surface area contributed by atoms with E-state index in [1.807, 2.05) is 0 Å². The molecule has 0 aromatic carbocycles. The van der Waals surface area contributed by atoms with Crippen LogP contribution in [0, 0.1) is 39.9 Å². The molecule has 0 aliphatic heterocycles. The molecular formula is F4GdLi. The second-order valence-electron chi connectivity index (χ2n) is 0. The first-order valence-electron chi connectivity index (χ1n) is 0. The van der Waals surface area contributed by atoms with Gasteiger partial charge in [0, 0.05) is 0 Å². The van der Waals surface area contributed by atoms with Crippen molar-refractivity contribution >= 4 is 0 Å². The van der Waals surface area contributed by atoms with Gasteiger partial charge in [0.1, 0.15) is 0 Å². The van der Waals surface area contributed by atoms with Gasteiger partial charge in [0.2, 0.25) is 0 Å². The van der Waals surface area contributed by atoms with E-state index in [-0.39, 0.29) is 77.6 Å². The molecule has 0 rings (SSSR count). The summed E-state index contributed by atoms with van der Waals surface area (Å²) >= 11 is 0. The maximum atomic E-state index is 0. The Kier molecular flexibility index (Phi) is 1630. The van der Waals surface area contributed by atoms with Crippen LogP contribution in [0.15, 0.2) is 0 Å². The summed E-state index contributed by atoms with van der Waals surface area (Å²) in [5.41, 5.74) is 0. The minimum absolute atomic E-state index is 0. The van der Waals surface area contributed by atoms with Gasteiger partial charge >= 0.3 is 58.8 Å². The van der Waals surface area contributed by atoms with Crippen molar-refractivity contribution in [1.82, 2.24) is 0 Å². The molecular weight excluding hydrogens is 240 g/mol. The second-order valence-corrected chi connectivity index (χ2v) is 0. The summed E-state index contributed by atoms with van der Waals surface area (Å²) in [5.74, 6) is 0. The van der Waals surface area contributed by atoms with Crippen LogP contribution in [0.1, 0.15) is 0 Å². The molecule has 0 aliphatic carbocycles. The number of hydrogen-bond donors (Lipinski definition) is 0. The molecule has 0 unspecified atom stereocenters. The fourth-order valence-electron chi connectivity index (χ4n) is 0. The minimum atomic E-state index is 0. The van der Waals surface area contributed by atoms with Crippen LogP contribution in [0.25, 0.3) is 0 Å². The Bertz CT molecular complexity index is 7.51. The van der Waals surface area contributed by atoms with Crippen molar-refractivity contribution in [2.45, 2.75) is 0 Å². The first-order chi connectivity index (χ1) is 0. The molecule has 0 heterocycles. The Morgan fingerprint density at radius 3 is 0.500 bits per heavy atom. The Hall–Kier alpha value is 1.64. The quantitative estimate of drug-likeness (QED) is 0.291. The molecule has 0 bridgehead atoms. The van der Waals surface area contributed by atoms with Gasteiger partial charge in [0.25, 0.3) is 0 Å². The molecule has 0 spiro atoms. The van der Waals surface area contributed by atoms with Crippen molar-refractivity contribution in [3.8, 4) is 0 Å². The van der Waals surface area contributed by atoms with Crippen LogP contribution < -0.4 is 37.7 Å². The maximum absolute atomic E-state index is 0. The van der Waals surface area contributed by atoms with E-state index in [0.717, 1.165) is 0 Å². The molecule has 0 N–H and O–H groups in total. The van der Waals surface area contributed by atoms with Crippen molar-refractivity contribution in [3.63, 3.8) is 0 Å². The standard InChI is InChI=1S/4FH.Gd.Li/h4*1H;;/q;;;;+3;+1/p-4. The largest absolute Gasteiger partial charge is 3.00 e. The van der Waals surface area contributed by atoms with Crippen molar-refractivity contribution in [2.24, 2.45) is 0 Å². The summed E-state index contributed by atoms with van der Waals surface area (Å²) in [6.45, 7) is 0. The zero-order valence-corrected chi connectivity index (χ0v) is 5.13. The van der Waals surface area contributed by atoms with Crippen LogP contribution in [0.2, 0.25) is 0 Å². The molecule has 6 heavy (non-hydrogen) atoms. The Balaban J connectivity index is 0. The molecule has 0 aromatic rings. The summed E-state index contributed by atoms with van der Waals surface area (Å²) in [6.07, 6.45) is 0. The van der Waals surface area contributed by atoms with Gasteiger partial charge in [-0.3, -0.25) is 0 Å². The summed E-state index contributed by atoms with van der Waals surface area (Å²) in [5, 5.41) is 0. The van der Waals surface area contributed by atoms with Crippen LogP contribution in [0.4, 0.5) is 0 Å². The molecule has 0 nitrogen and oxygen atoms in total. The molecule has 0 saturated heterocycles. The van der Waals surface area contributed by atoms with E-state index in [1.165, 1.54) is 0 Å². The van der Waals surface area contributed by atoms with E-state index in [2.05, 4.69) is 0 Å². The van der Waals surface area contributed by atoms with Crippen LogP contribution in [-0.2, 0) is 0 Å². The predicted octanol–water partition coefficient (Wildman–Crippen LogP) is -15.0. The molecule has 0 aromatic heterocycles. The van der Waals surface area contributed by atoms with Gasteiger partial charge < -0.3 is 18.8 Å². The van der Waals surface area contributed by atoms with Crippen molar-refractivity contribution in [3.05, 3.63) is 0 Å². The zero-order valence-electron chi connectivity index (χ0n) is 2.87. The molecule has 0 saturated carbocycles. The van der Waals surface area contributed by atoms with Crippen molar-refractivity contribution in [1.29, 1.82) is 0 Å². The molecule has 0 atom stereocenters. The third kappa shape index (κ3) is 45.1. The minimum Gasteiger partial charge on any atom is -1.00 e. The summed E-state index contributed by atoms with van der Waals surface area (Å²) in [6, 6.07) is 0. The number of hydrogen-bond acceptors (Lipinski definition) is 0. The Morgan fingerprint density at radius 2 is 0.500 bits per heavy atom. The van der Waals surface area contributed by atoms with Crippen molar-refractivity contribution in [2.75, 3.05) is 0 Å². The molecule has 0 fully saturated rings. The van der Waals surface area contributed by atoms with Gasteiger partial charge in [0.05, 0.1) is 0 Å². The smallest absolute Gasteiger partial charge is 1.00 e. The van der Waals surface area contributed by atoms with E-state index in [0.29, 0.717) is 0 Å². The summed E-state index contributed by atoms with van der Waals surface area (Å²) in [4.78, 5) is 0. The van der Waals surface area contributed by atoms with E-state index < -0.39 is 0 Å². The van der Waals surface area contributed by atoms with Gasteiger partial charge in [-0.05, 0) is 0 Å². The van der Waals surface area contributed by atoms with Gasteiger partial charge in [-0.15, -0.1) is 0 Å². The normalized spacial score (nSPS) is 0. The van der Waals surface area contributed by atoms with E-state index in [1.54, 1.807) is 0 Å². The van der Waals surface area contributed by atoms with Gasteiger partial charge in [-0.2, -0.15) is 0 Å². The second kappa shape index (κ2) is 78.4. The number of rotatable bonds is 0. The average Bonchev–Trinajstić information content (AvgIpc) is 0. The fraction of sp³-hybridized carbons (Fsp3) is 0. The molecule has 0 amide bonds. The average molecular weight is 240 g/mol. The summed E-state index contributed by atoms with van der Waals surface area (Å²) in [7, 11) is 0. The third-order valence-corrected chi connectivity index (χ3v) is 0. The van der Waals surface area contributed by atoms with Crippen molar-refractivity contribution < 1.29 is 77.6 Å². The maximum Gasteiger partial charge on any atom is 3.00 e. The van der Waals surface area contributed by atoms with Crippen LogP contribution in [-0.4, -0.2) is 0 Å². The first kappa shape index (κ1) is 125. The fourth-order valence-corrected chi connectivity index (χ4v) is 0. The molecule has 6 heteroatoms. The molecule has 0 aliphatic rings. The Labute approximate surface area is 76.8 Å². The predicted molar refractivity (Wildman–Crippen MR) is 0 cm³/mol. The van der Waals surface area contributed by atoms with E-state index in [9.17, 15) is 0 Å². The van der Waals surface area contributed by atoms with E-state index >= 15 is 0 Å². The van der Waals surface area contributed by atoms with Crippen LogP contribution in [0.3, 0.4) is 0 Å².